The van der Waals surface area contributed by atoms with Gasteiger partial charge in [0.1, 0.15) is 11.6 Å². The predicted octanol–water partition coefficient (Wildman–Crippen LogP) is 4.22. The molecule has 2 nitrogen and oxygen atoms in total. The van der Waals surface area contributed by atoms with Crippen molar-refractivity contribution in [2.45, 2.75) is 13.0 Å². The monoisotopic (exact) mass is 339 g/mol. The molecule has 0 bridgehead atoms. The van der Waals surface area contributed by atoms with Crippen molar-refractivity contribution in [1.82, 2.24) is 5.32 Å². The Hall–Kier alpha value is -1.75. The average molecular weight is 340 g/mol. The van der Waals surface area contributed by atoms with E-state index in [9.17, 15) is 13.6 Å². The van der Waals surface area contributed by atoms with Crippen molar-refractivity contribution < 1.29 is 13.6 Å². The Balaban J connectivity index is 2.13. The summed E-state index contributed by atoms with van der Waals surface area (Å²) in [5, 5.41) is 2.68. The van der Waals surface area contributed by atoms with Gasteiger partial charge in [-0.3, -0.25) is 4.79 Å². The third-order valence-corrected chi connectivity index (χ3v) is 3.42. The second-order valence-corrected chi connectivity index (χ2v) is 5.29. The summed E-state index contributed by atoms with van der Waals surface area (Å²) in [5.41, 5.74) is 0.722. The number of hydrogen-bond donors (Lipinski definition) is 1. The Morgan fingerprint density at radius 2 is 1.80 bits per heavy atom. The van der Waals surface area contributed by atoms with Gasteiger partial charge in [0.05, 0.1) is 11.6 Å². The van der Waals surface area contributed by atoms with Crippen LogP contribution in [-0.4, -0.2) is 5.91 Å². The maximum Gasteiger partial charge on any atom is 0.254 e. The molecule has 104 valence electrons. The zero-order chi connectivity index (χ0) is 14.7. The number of carbonyl (C=O) groups excluding carboxylic acids is 1. The Morgan fingerprint density at radius 3 is 2.40 bits per heavy atom. The molecule has 1 unspecified atom stereocenters. The minimum atomic E-state index is -0.870. The highest BCUT2D eigenvalue weighted by Crippen LogP contribution is 2.17. The number of halogens is 3. The summed E-state index contributed by atoms with van der Waals surface area (Å²) in [6, 6.07) is 10.0. The lowest BCUT2D eigenvalue weighted by atomic mass is 10.1. The van der Waals surface area contributed by atoms with Gasteiger partial charge < -0.3 is 5.32 Å². The van der Waals surface area contributed by atoms with Crippen LogP contribution < -0.4 is 5.32 Å². The summed E-state index contributed by atoms with van der Waals surface area (Å²) in [5.74, 6) is -2.15. The molecule has 0 aromatic heterocycles. The molecule has 2 rings (SSSR count). The summed E-state index contributed by atoms with van der Waals surface area (Å²) in [6.45, 7) is 1.79. The number of carbonyl (C=O) groups is 1. The fraction of sp³-hybridized carbons (Fsp3) is 0.133. The van der Waals surface area contributed by atoms with Crippen molar-refractivity contribution in [3.8, 4) is 0 Å². The van der Waals surface area contributed by atoms with Crippen LogP contribution in [0.3, 0.4) is 0 Å². The first kappa shape index (κ1) is 14.7. The average Bonchev–Trinajstić information content (AvgIpc) is 2.39. The maximum atomic E-state index is 13.5. The topological polar surface area (TPSA) is 29.1 Å². The van der Waals surface area contributed by atoms with Gasteiger partial charge in [0.15, 0.2) is 0 Å². The van der Waals surface area contributed by atoms with Crippen LogP contribution in [0.25, 0.3) is 0 Å². The number of amides is 1. The van der Waals surface area contributed by atoms with E-state index in [2.05, 4.69) is 21.2 Å². The van der Waals surface area contributed by atoms with E-state index in [1.54, 1.807) is 6.92 Å². The highest BCUT2D eigenvalue weighted by atomic mass is 79.9. The molecule has 1 atom stereocenters. The molecule has 5 heteroatoms. The van der Waals surface area contributed by atoms with Crippen LogP contribution in [-0.2, 0) is 0 Å². The van der Waals surface area contributed by atoms with Crippen LogP contribution in [0.5, 0.6) is 0 Å². The quantitative estimate of drug-likeness (QED) is 0.891. The molecule has 0 saturated heterocycles. The molecule has 0 saturated carbocycles. The van der Waals surface area contributed by atoms with Crippen molar-refractivity contribution in [3.05, 3.63) is 69.7 Å². The number of hydrogen-bond acceptors (Lipinski definition) is 1. The smallest absolute Gasteiger partial charge is 0.254 e. The third kappa shape index (κ3) is 3.42. The molecule has 2 aromatic carbocycles. The number of rotatable bonds is 3. The first-order chi connectivity index (χ1) is 9.47. The number of benzene rings is 2. The Bertz CT molecular complexity index is 628. The van der Waals surface area contributed by atoms with Gasteiger partial charge in [-0.25, -0.2) is 8.78 Å². The van der Waals surface area contributed by atoms with E-state index in [1.165, 1.54) is 0 Å². The fourth-order valence-corrected chi connectivity index (χ4v) is 2.05. The van der Waals surface area contributed by atoms with Crippen LogP contribution in [0.15, 0.2) is 46.9 Å². The van der Waals surface area contributed by atoms with Gasteiger partial charge in [0.25, 0.3) is 5.91 Å². The Kier molecular flexibility index (Phi) is 4.49. The molecule has 0 aliphatic rings. The van der Waals surface area contributed by atoms with E-state index in [1.807, 2.05) is 24.3 Å². The van der Waals surface area contributed by atoms with Crippen LogP contribution in [0.2, 0.25) is 0 Å². The van der Waals surface area contributed by atoms with E-state index >= 15 is 0 Å². The molecule has 2 aromatic rings. The van der Waals surface area contributed by atoms with E-state index in [-0.39, 0.29) is 11.6 Å². The largest absolute Gasteiger partial charge is 0.345 e. The van der Waals surface area contributed by atoms with Gasteiger partial charge in [-0.05, 0) is 36.8 Å². The third-order valence-electron chi connectivity index (χ3n) is 2.89. The van der Waals surface area contributed by atoms with Crippen molar-refractivity contribution in [3.63, 3.8) is 0 Å². The second kappa shape index (κ2) is 6.13. The van der Waals surface area contributed by atoms with Crippen molar-refractivity contribution in [2.75, 3.05) is 0 Å². The van der Waals surface area contributed by atoms with E-state index in [0.29, 0.717) is 6.07 Å². The molecule has 0 radical (unpaired) electrons. The summed E-state index contributed by atoms with van der Waals surface area (Å²) in [6.07, 6.45) is 0. The van der Waals surface area contributed by atoms with Gasteiger partial charge in [-0.15, -0.1) is 0 Å². The van der Waals surface area contributed by atoms with Gasteiger partial charge in [0.2, 0.25) is 0 Å². The van der Waals surface area contributed by atoms with Crippen molar-refractivity contribution >= 4 is 21.8 Å². The molecule has 0 fully saturated rings. The molecule has 20 heavy (non-hydrogen) atoms. The molecular formula is C15H12BrF2NO. The summed E-state index contributed by atoms with van der Waals surface area (Å²) < 4.78 is 27.2. The zero-order valence-electron chi connectivity index (χ0n) is 10.7. The van der Waals surface area contributed by atoms with Crippen LogP contribution in [0, 0.1) is 11.6 Å². The van der Waals surface area contributed by atoms with E-state index in [0.717, 1.165) is 22.2 Å². The van der Waals surface area contributed by atoms with Gasteiger partial charge in [0, 0.05) is 10.5 Å². The first-order valence-electron chi connectivity index (χ1n) is 5.99. The SMILES string of the molecule is CC(NC(=O)c1ccc(F)cc1F)c1ccc(Br)cc1. The summed E-state index contributed by atoms with van der Waals surface area (Å²) >= 11 is 3.33. The van der Waals surface area contributed by atoms with Gasteiger partial charge >= 0.3 is 0 Å². The van der Waals surface area contributed by atoms with E-state index in [4.69, 9.17) is 0 Å². The van der Waals surface area contributed by atoms with Crippen LogP contribution in [0.1, 0.15) is 28.9 Å². The normalized spacial score (nSPS) is 12.0. The lowest BCUT2D eigenvalue weighted by Crippen LogP contribution is -2.27. The Morgan fingerprint density at radius 1 is 1.15 bits per heavy atom. The zero-order valence-corrected chi connectivity index (χ0v) is 12.2. The van der Waals surface area contributed by atoms with Gasteiger partial charge in [-0.2, -0.15) is 0 Å². The minimum Gasteiger partial charge on any atom is -0.345 e. The lowest BCUT2D eigenvalue weighted by molar-refractivity contribution is 0.0935. The Labute approximate surface area is 123 Å². The molecule has 0 aliphatic carbocycles. The van der Waals surface area contributed by atoms with E-state index < -0.39 is 17.5 Å². The summed E-state index contributed by atoms with van der Waals surface area (Å²) in [4.78, 5) is 11.9. The van der Waals surface area contributed by atoms with Crippen LogP contribution >= 0.6 is 15.9 Å². The molecule has 1 N–H and O–H groups in total. The highest BCUT2D eigenvalue weighted by molar-refractivity contribution is 9.10. The highest BCUT2D eigenvalue weighted by Gasteiger charge is 2.15. The fourth-order valence-electron chi connectivity index (χ4n) is 1.78. The minimum absolute atomic E-state index is 0.171. The predicted molar refractivity (Wildman–Crippen MR) is 76.4 cm³/mol. The molecule has 0 aliphatic heterocycles. The van der Waals surface area contributed by atoms with Gasteiger partial charge in [-0.1, -0.05) is 28.1 Å². The van der Waals surface area contributed by atoms with Crippen molar-refractivity contribution in [2.24, 2.45) is 0 Å². The summed E-state index contributed by atoms with van der Waals surface area (Å²) in [7, 11) is 0. The number of nitrogens with one attached hydrogen (secondary N) is 1. The molecule has 1 amide bonds. The molecule has 0 heterocycles. The molecule has 0 spiro atoms. The lowest BCUT2D eigenvalue weighted by Gasteiger charge is -2.14. The standard InChI is InChI=1S/C15H12BrF2NO/c1-9(10-2-4-11(16)5-3-10)19-15(20)13-7-6-12(17)8-14(13)18/h2-9H,1H3,(H,19,20). The van der Waals surface area contributed by atoms with Crippen LogP contribution in [0.4, 0.5) is 8.78 Å². The molecular weight excluding hydrogens is 328 g/mol. The second-order valence-electron chi connectivity index (χ2n) is 4.37. The first-order valence-corrected chi connectivity index (χ1v) is 6.78. The maximum absolute atomic E-state index is 13.5. The van der Waals surface area contributed by atoms with Crippen molar-refractivity contribution in [1.29, 1.82) is 0 Å².